The van der Waals surface area contributed by atoms with Gasteiger partial charge in [-0.3, -0.25) is 4.79 Å². The molecule has 0 saturated carbocycles. The molecular formula is C17H13F2NO2. The molecule has 3 nitrogen and oxygen atoms in total. The standard InChI is InChI=1S/C17H13F2NO2/c18-17(19)10-13(15(21)12-8-4-5-9-14(12)17)16(22)20-11-6-2-1-3-7-11/h1-9,21H,10H2,(H,20,22). The van der Waals surface area contributed by atoms with Gasteiger partial charge in [0.15, 0.2) is 0 Å². The van der Waals surface area contributed by atoms with Gasteiger partial charge in [-0.1, -0.05) is 42.5 Å². The van der Waals surface area contributed by atoms with Gasteiger partial charge >= 0.3 is 0 Å². The molecule has 0 radical (unpaired) electrons. The summed E-state index contributed by atoms with van der Waals surface area (Å²) in [5.74, 6) is -4.31. The Hall–Kier alpha value is -2.69. The van der Waals surface area contributed by atoms with E-state index in [1.54, 1.807) is 36.4 Å². The summed E-state index contributed by atoms with van der Waals surface area (Å²) in [5, 5.41) is 12.7. The Morgan fingerprint density at radius 1 is 1.05 bits per heavy atom. The number of amides is 1. The number of hydrogen-bond donors (Lipinski definition) is 2. The number of hydrogen-bond acceptors (Lipinski definition) is 2. The summed E-state index contributed by atoms with van der Waals surface area (Å²) >= 11 is 0. The third kappa shape index (κ3) is 2.45. The average molecular weight is 301 g/mol. The molecule has 112 valence electrons. The smallest absolute Gasteiger partial charge is 0.278 e. The minimum atomic E-state index is -3.19. The van der Waals surface area contributed by atoms with Crippen LogP contribution in [0.1, 0.15) is 17.5 Å². The van der Waals surface area contributed by atoms with Crippen LogP contribution in [0.4, 0.5) is 14.5 Å². The summed E-state index contributed by atoms with van der Waals surface area (Å²) in [6.07, 6.45) is -0.825. The number of nitrogens with one attached hydrogen (secondary N) is 1. The van der Waals surface area contributed by atoms with Gasteiger partial charge in [0, 0.05) is 16.8 Å². The van der Waals surface area contributed by atoms with Gasteiger partial charge in [-0.2, -0.15) is 0 Å². The number of anilines is 1. The van der Waals surface area contributed by atoms with E-state index in [1.807, 2.05) is 0 Å². The molecule has 3 rings (SSSR count). The monoisotopic (exact) mass is 301 g/mol. The summed E-state index contributed by atoms with van der Waals surface area (Å²) in [6, 6.07) is 14.2. The molecular weight excluding hydrogens is 288 g/mol. The number of carbonyl (C=O) groups is 1. The Morgan fingerprint density at radius 3 is 2.41 bits per heavy atom. The highest BCUT2D eigenvalue weighted by atomic mass is 19.3. The van der Waals surface area contributed by atoms with Gasteiger partial charge in [0.05, 0.1) is 12.0 Å². The van der Waals surface area contributed by atoms with Crippen molar-refractivity contribution < 1.29 is 18.7 Å². The third-order valence-corrected chi connectivity index (χ3v) is 3.57. The number of rotatable bonds is 2. The number of aliphatic hydroxyl groups is 1. The lowest BCUT2D eigenvalue weighted by molar-refractivity contribution is -0.114. The van der Waals surface area contributed by atoms with Gasteiger partial charge < -0.3 is 10.4 Å². The highest BCUT2D eigenvalue weighted by molar-refractivity contribution is 6.08. The van der Waals surface area contributed by atoms with Crippen molar-refractivity contribution >= 4 is 17.4 Å². The number of halogens is 2. The lowest BCUT2D eigenvalue weighted by Crippen LogP contribution is -2.27. The maximum Gasteiger partial charge on any atom is 0.278 e. The Morgan fingerprint density at radius 2 is 1.68 bits per heavy atom. The molecule has 0 atom stereocenters. The fraction of sp³-hybridized carbons (Fsp3) is 0.118. The minimum absolute atomic E-state index is 0.00281. The molecule has 0 unspecified atom stereocenters. The van der Waals surface area contributed by atoms with Gasteiger partial charge in [-0.05, 0) is 12.1 Å². The molecule has 0 aromatic heterocycles. The molecule has 22 heavy (non-hydrogen) atoms. The van der Waals surface area contributed by atoms with Crippen LogP contribution in [0.15, 0.2) is 60.2 Å². The lowest BCUT2D eigenvalue weighted by atomic mass is 9.87. The summed E-state index contributed by atoms with van der Waals surface area (Å²) in [5.41, 5.74) is -0.0942. The Balaban J connectivity index is 1.99. The molecule has 0 spiro atoms. The van der Waals surface area contributed by atoms with Gasteiger partial charge in [-0.25, -0.2) is 8.78 Å². The maximum atomic E-state index is 14.2. The second-order valence-corrected chi connectivity index (χ2v) is 5.07. The summed E-state index contributed by atoms with van der Waals surface area (Å²) in [6.45, 7) is 0. The molecule has 2 aromatic rings. The zero-order chi connectivity index (χ0) is 15.7. The highest BCUT2D eigenvalue weighted by Crippen LogP contribution is 2.44. The second kappa shape index (κ2) is 5.26. The molecule has 0 bridgehead atoms. The molecule has 2 N–H and O–H groups in total. The zero-order valence-electron chi connectivity index (χ0n) is 11.5. The van der Waals surface area contributed by atoms with E-state index in [-0.39, 0.29) is 16.7 Å². The van der Waals surface area contributed by atoms with Crippen LogP contribution >= 0.6 is 0 Å². The van der Waals surface area contributed by atoms with Crippen LogP contribution in [0.2, 0.25) is 0 Å². The van der Waals surface area contributed by atoms with Crippen molar-refractivity contribution in [1.82, 2.24) is 0 Å². The average Bonchev–Trinajstić information content (AvgIpc) is 2.52. The van der Waals surface area contributed by atoms with Gasteiger partial charge in [0.1, 0.15) is 5.76 Å². The zero-order valence-corrected chi connectivity index (χ0v) is 11.5. The molecule has 0 fully saturated rings. The predicted octanol–water partition coefficient (Wildman–Crippen LogP) is 4.09. The van der Waals surface area contributed by atoms with Crippen molar-refractivity contribution in [3.05, 3.63) is 71.3 Å². The van der Waals surface area contributed by atoms with E-state index in [0.717, 1.165) is 0 Å². The van der Waals surface area contributed by atoms with Crippen molar-refractivity contribution in [2.45, 2.75) is 12.3 Å². The molecule has 0 heterocycles. The first-order valence-electron chi connectivity index (χ1n) is 6.75. The molecule has 1 aliphatic rings. The Kier molecular flexibility index (Phi) is 3.41. The molecule has 0 saturated heterocycles. The van der Waals surface area contributed by atoms with Crippen LogP contribution in [0.3, 0.4) is 0 Å². The minimum Gasteiger partial charge on any atom is -0.507 e. The van der Waals surface area contributed by atoms with Crippen LogP contribution in [0.25, 0.3) is 5.76 Å². The first-order chi connectivity index (χ1) is 10.5. The number of alkyl halides is 2. The fourth-order valence-electron chi connectivity index (χ4n) is 2.49. The van der Waals surface area contributed by atoms with Crippen molar-refractivity contribution in [3.63, 3.8) is 0 Å². The van der Waals surface area contributed by atoms with Crippen LogP contribution in [-0.2, 0) is 10.7 Å². The number of fused-ring (bicyclic) bond motifs is 1. The van der Waals surface area contributed by atoms with Crippen molar-refractivity contribution in [1.29, 1.82) is 0 Å². The predicted molar refractivity (Wildman–Crippen MR) is 79.6 cm³/mol. The molecule has 2 aromatic carbocycles. The van der Waals surface area contributed by atoms with Crippen LogP contribution in [-0.4, -0.2) is 11.0 Å². The van der Waals surface area contributed by atoms with E-state index in [2.05, 4.69) is 5.32 Å². The molecule has 5 heteroatoms. The van der Waals surface area contributed by atoms with Crippen LogP contribution in [0.5, 0.6) is 0 Å². The van der Waals surface area contributed by atoms with Crippen molar-refractivity contribution in [3.8, 4) is 0 Å². The van der Waals surface area contributed by atoms with E-state index in [0.29, 0.717) is 5.69 Å². The number of benzene rings is 2. The normalized spacial score (nSPS) is 16.1. The van der Waals surface area contributed by atoms with Crippen molar-refractivity contribution in [2.75, 3.05) is 5.32 Å². The summed E-state index contributed by atoms with van der Waals surface area (Å²) in [7, 11) is 0. The van der Waals surface area contributed by atoms with E-state index in [1.165, 1.54) is 18.2 Å². The first-order valence-corrected chi connectivity index (χ1v) is 6.75. The topological polar surface area (TPSA) is 49.3 Å². The van der Waals surface area contributed by atoms with Gasteiger partial charge in [-0.15, -0.1) is 0 Å². The van der Waals surface area contributed by atoms with Gasteiger partial charge in [0.2, 0.25) is 0 Å². The van der Waals surface area contributed by atoms with Gasteiger partial charge in [0.25, 0.3) is 11.8 Å². The van der Waals surface area contributed by atoms with Crippen LogP contribution < -0.4 is 5.32 Å². The maximum absolute atomic E-state index is 14.2. The number of aliphatic hydroxyl groups excluding tert-OH is 1. The SMILES string of the molecule is O=C(Nc1ccccc1)C1=C(O)c2ccccc2C(F)(F)C1. The third-order valence-electron chi connectivity index (χ3n) is 3.57. The quantitative estimate of drug-likeness (QED) is 0.877. The molecule has 0 aliphatic heterocycles. The van der Waals surface area contributed by atoms with Crippen molar-refractivity contribution in [2.24, 2.45) is 0 Å². The lowest BCUT2D eigenvalue weighted by Gasteiger charge is -2.26. The van der Waals surface area contributed by atoms with E-state index in [4.69, 9.17) is 0 Å². The van der Waals surface area contributed by atoms with E-state index < -0.39 is 24.0 Å². The fourth-order valence-corrected chi connectivity index (χ4v) is 2.49. The number of carbonyl (C=O) groups excluding carboxylic acids is 1. The Bertz CT molecular complexity index is 754. The largest absolute Gasteiger partial charge is 0.507 e. The van der Waals surface area contributed by atoms with E-state index in [9.17, 15) is 18.7 Å². The Labute approximate surface area is 125 Å². The van der Waals surface area contributed by atoms with Crippen LogP contribution in [0, 0.1) is 0 Å². The second-order valence-electron chi connectivity index (χ2n) is 5.07. The highest BCUT2D eigenvalue weighted by Gasteiger charge is 2.42. The molecule has 1 amide bonds. The number of para-hydroxylation sites is 1. The first kappa shape index (κ1) is 14.3. The molecule has 1 aliphatic carbocycles. The summed E-state index contributed by atoms with van der Waals surface area (Å²) in [4.78, 5) is 12.2. The summed E-state index contributed by atoms with van der Waals surface area (Å²) < 4.78 is 28.4. The van der Waals surface area contributed by atoms with E-state index >= 15 is 0 Å².